The molecule has 1 aliphatic rings. The maximum absolute atomic E-state index is 11.8. The lowest BCUT2D eigenvalue weighted by atomic mass is 10.0. The van der Waals surface area contributed by atoms with E-state index in [0.29, 0.717) is 19.4 Å². The Bertz CT molecular complexity index is 518. The van der Waals surface area contributed by atoms with Crippen molar-refractivity contribution in [3.05, 3.63) is 35.4 Å². The van der Waals surface area contributed by atoms with Crippen molar-refractivity contribution < 1.29 is 13.5 Å². The molecular formula is C13H19NO3S. The van der Waals surface area contributed by atoms with E-state index in [1.807, 2.05) is 24.3 Å². The number of hydrogen-bond acceptors (Lipinski definition) is 4. The molecule has 1 saturated carbocycles. The van der Waals surface area contributed by atoms with Gasteiger partial charge in [0.05, 0.1) is 10.9 Å². The Balaban J connectivity index is 2.24. The van der Waals surface area contributed by atoms with E-state index < -0.39 is 20.7 Å². The number of hydrogen-bond donors (Lipinski definition) is 2. The normalized spacial score (nSPS) is 19.5. The second kappa shape index (κ2) is 4.64. The molecule has 0 amide bonds. The molecule has 2 rings (SSSR count). The largest absolute Gasteiger partial charge is 0.387 e. The van der Waals surface area contributed by atoms with Crippen LogP contribution in [0.1, 0.15) is 30.1 Å². The van der Waals surface area contributed by atoms with Crippen molar-refractivity contribution in [3.8, 4) is 0 Å². The highest BCUT2D eigenvalue weighted by molar-refractivity contribution is 7.92. The molecule has 18 heavy (non-hydrogen) atoms. The molecule has 0 aliphatic heterocycles. The van der Waals surface area contributed by atoms with Crippen molar-refractivity contribution in [1.82, 2.24) is 5.32 Å². The molecule has 0 bridgehead atoms. The summed E-state index contributed by atoms with van der Waals surface area (Å²) in [5, 5.41) is 12.7. The first-order chi connectivity index (χ1) is 8.40. The van der Waals surface area contributed by atoms with Gasteiger partial charge in [0.25, 0.3) is 0 Å². The monoisotopic (exact) mass is 269 g/mol. The molecule has 2 N–H and O–H groups in total. The van der Waals surface area contributed by atoms with E-state index in [-0.39, 0.29) is 0 Å². The topological polar surface area (TPSA) is 66.4 Å². The van der Waals surface area contributed by atoms with Crippen LogP contribution in [0, 0.1) is 0 Å². The standard InChI is InChI=1S/C13H19NO3S/c1-14-9-12(15)10-3-5-11(6-4-10)13(7-8-13)18(2,16)17/h3-6,12,14-15H,7-9H2,1-2H3. The van der Waals surface area contributed by atoms with Crippen molar-refractivity contribution in [1.29, 1.82) is 0 Å². The summed E-state index contributed by atoms with van der Waals surface area (Å²) in [6.45, 7) is 0.483. The number of nitrogens with one attached hydrogen (secondary N) is 1. The average Bonchev–Trinajstić information content (AvgIpc) is 3.10. The first-order valence-electron chi connectivity index (χ1n) is 6.03. The summed E-state index contributed by atoms with van der Waals surface area (Å²) in [5.74, 6) is 0. The Morgan fingerprint density at radius 3 is 2.28 bits per heavy atom. The van der Waals surface area contributed by atoms with E-state index in [4.69, 9.17) is 0 Å². The zero-order chi connectivity index (χ0) is 13.4. The number of rotatable bonds is 5. The van der Waals surface area contributed by atoms with Crippen molar-refractivity contribution in [2.45, 2.75) is 23.7 Å². The summed E-state index contributed by atoms with van der Waals surface area (Å²) in [6.07, 6.45) is 2.13. The summed E-state index contributed by atoms with van der Waals surface area (Å²) in [4.78, 5) is 0. The molecule has 1 aromatic rings. The number of aliphatic hydroxyl groups excluding tert-OH is 1. The van der Waals surface area contributed by atoms with Gasteiger partial charge >= 0.3 is 0 Å². The third-order valence-corrected chi connectivity index (χ3v) is 5.70. The molecule has 1 aliphatic carbocycles. The minimum Gasteiger partial charge on any atom is -0.387 e. The molecule has 100 valence electrons. The highest BCUT2D eigenvalue weighted by atomic mass is 32.2. The zero-order valence-electron chi connectivity index (χ0n) is 10.7. The SMILES string of the molecule is CNCC(O)c1ccc(C2(S(C)(=O)=O)CC2)cc1. The van der Waals surface area contributed by atoms with Gasteiger partial charge in [0.2, 0.25) is 0 Å². The zero-order valence-corrected chi connectivity index (χ0v) is 11.5. The number of likely N-dealkylation sites (N-methyl/N-ethyl adjacent to an activating group) is 1. The van der Waals surface area contributed by atoms with E-state index in [2.05, 4.69) is 5.32 Å². The van der Waals surface area contributed by atoms with Crippen LogP contribution in [0.2, 0.25) is 0 Å². The van der Waals surface area contributed by atoms with Crippen LogP contribution in [0.25, 0.3) is 0 Å². The molecule has 0 aromatic heterocycles. The maximum atomic E-state index is 11.8. The van der Waals surface area contributed by atoms with Crippen molar-refractivity contribution in [2.75, 3.05) is 19.8 Å². The smallest absolute Gasteiger partial charge is 0.157 e. The molecule has 0 spiro atoms. The fourth-order valence-corrected chi connectivity index (χ4v) is 3.72. The van der Waals surface area contributed by atoms with E-state index in [0.717, 1.165) is 11.1 Å². The predicted molar refractivity (Wildman–Crippen MR) is 71.1 cm³/mol. The first kappa shape index (κ1) is 13.5. The van der Waals surface area contributed by atoms with Gasteiger partial charge in [-0.3, -0.25) is 0 Å². The second-order valence-corrected chi connectivity index (χ2v) is 7.29. The van der Waals surface area contributed by atoms with E-state index in [1.54, 1.807) is 7.05 Å². The Hall–Kier alpha value is -0.910. The highest BCUT2D eigenvalue weighted by Gasteiger charge is 2.53. The van der Waals surface area contributed by atoms with Gasteiger partial charge in [0.15, 0.2) is 9.84 Å². The van der Waals surface area contributed by atoms with Crippen molar-refractivity contribution in [2.24, 2.45) is 0 Å². The average molecular weight is 269 g/mol. The van der Waals surface area contributed by atoms with E-state index in [1.165, 1.54) is 6.26 Å². The van der Waals surface area contributed by atoms with E-state index in [9.17, 15) is 13.5 Å². The lowest BCUT2D eigenvalue weighted by Gasteiger charge is -2.15. The van der Waals surface area contributed by atoms with Crippen LogP contribution in [0.5, 0.6) is 0 Å². The fourth-order valence-electron chi connectivity index (χ4n) is 2.31. The summed E-state index contributed by atoms with van der Waals surface area (Å²) in [6, 6.07) is 7.26. The van der Waals surface area contributed by atoms with Crippen LogP contribution in [-0.4, -0.2) is 33.4 Å². The molecule has 4 nitrogen and oxygen atoms in total. The second-order valence-electron chi connectivity index (χ2n) is 4.96. The van der Waals surface area contributed by atoms with Gasteiger partial charge in [-0.2, -0.15) is 0 Å². The lowest BCUT2D eigenvalue weighted by molar-refractivity contribution is 0.178. The molecule has 5 heteroatoms. The van der Waals surface area contributed by atoms with Gasteiger partial charge in [0, 0.05) is 12.8 Å². The minimum atomic E-state index is -3.06. The molecule has 1 fully saturated rings. The Kier molecular flexibility index (Phi) is 3.49. The molecule has 0 heterocycles. The minimum absolute atomic E-state index is 0.483. The first-order valence-corrected chi connectivity index (χ1v) is 7.92. The van der Waals surface area contributed by atoms with Gasteiger partial charge < -0.3 is 10.4 Å². The Morgan fingerprint density at radius 1 is 1.33 bits per heavy atom. The predicted octanol–water partition coefficient (Wildman–Crippen LogP) is 0.973. The van der Waals surface area contributed by atoms with Crippen LogP contribution in [-0.2, 0) is 14.6 Å². The van der Waals surface area contributed by atoms with Crippen LogP contribution >= 0.6 is 0 Å². The van der Waals surface area contributed by atoms with Crippen molar-refractivity contribution >= 4 is 9.84 Å². The molecule has 1 aromatic carbocycles. The van der Waals surface area contributed by atoms with Gasteiger partial charge in [0.1, 0.15) is 0 Å². The third kappa shape index (κ3) is 2.30. The third-order valence-electron chi connectivity index (χ3n) is 3.63. The molecule has 0 saturated heterocycles. The molecule has 0 radical (unpaired) electrons. The molecular weight excluding hydrogens is 250 g/mol. The van der Waals surface area contributed by atoms with Gasteiger partial charge in [-0.25, -0.2) is 8.42 Å². The highest BCUT2D eigenvalue weighted by Crippen LogP contribution is 2.52. The quantitative estimate of drug-likeness (QED) is 0.836. The number of aliphatic hydroxyl groups is 1. The number of sulfone groups is 1. The summed E-state index contributed by atoms with van der Waals surface area (Å²) < 4.78 is 22.9. The summed E-state index contributed by atoms with van der Waals surface area (Å²) in [5.41, 5.74) is 1.64. The van der Waals surface area contributed by atoms with Crippen LogP contribution in [0.4, 0.5) is 0 Å². The molecule has 1 unspecified atom stereocenters. The Labute approximate surface area is 108 Å². The van der Waals surface area contributed by atoms with Crippen LogP contribution in [0.15, 0.2) is 24.3 Å². The lowest BCUT2D eigenvalue weighted by Crippen LogP contribution is -2.20. The Morgan fingerprint density at radius 2 is 1.89 bits per heavy atom. The maximum Gasteiger partial charge on any atom is 0.157 e. The number of benzene rings is 1. The van der Waals surface area contributed by atoms with Crippen molar-refractivity contribution in [3.63, 3.8) is 0 Å². The van der Waals surface area contributed by atoms with Gasteiger partial charge in [-0.05, 0) is 31.0 Å². The van der Waals surface area contributed by atoms with Gasteiger partial charge in [-0.15, -0.1) is 0 Å². The summed E-state index contributed by atoms with van der Waals surface area (Å²) >= 11 is 0. The molecule has 1 atom stereocenters. The fraction of sp³-hybridized carbons (Fsp3) is 0.538. The van der Waals surface area contributed by atoms with Gasteiger partial charge in [-0.1, -0.05) is 24.3 Å². The summed E-state index contributed by atoms with van der Waals surface area (Å²) in [7, 11) is -1.28. The van der Waals surface area contributed by atoms with Crippen LogP contribution < -0.4 is 5.32 Å². The van der Waals surface area contributed by atoms with Crippen LogP contribution in [0.3, 0.4) is 0 Å². The van der Waals surface area contributed by atoms with E-state index >= 15 is 0 Å².